The van der Waals surface area contributed by atoms with Gasteiger partial charge in [0.05, 0.1) is 26.4 Å². The van der Waals surface area contributed by atoms with Crippen LogP contribution >= 0.6 is 0 Å². The van der Waals surface area contributed by atoms with Crippen LogP contribution in [0.25, 0.3) is 0 Å². The Morgan fingerprint density at radius 3 is 2.33 bits per heavy atom. The topological polar surface area (TPSA) is 54.0 Å². The molecule has 6 atom stereocenters. The highest BCUT2D eigenvalue weighted by molar-refractivity contribution is 5.85. The van der Waals surface area contributed by atoms with Crippen LogP contribution in [0.15, 0.2) is 11.6 Å². The molecule has 4 aliphatic carbocycles. The predicted molar refractivity (Wildman–Crippen MR) is 111 cm³/mol. The van der Waals surface area contributed by atoms with Gasteiger partial charge < -0.3 is 18.9 Å². The van der Waals surface area contributed by atoms with Crippen molar-refractivity contribution in [3.05, 3.63) is 11.6 Å². The van der Waals surface area contributed by atoms with Crippen LogP contribution in [0.4, 0.5) is 0 Å². The lowest BCUT2D eigenvalue weighted by atomic mass is 9.46. The predicted octanol–water partition coefficient (Wildman–Crippen LogP) is 4.25. The lowest BCUT2D eigenvalue weighted by Gasteiger charge is -2.58. The van der Waals surface area contributed by atoms with Crippen molar-refractivity contribution in [2.75, 3.05) is 26.4 Å². The van der Waals surface area contributed by atoms with Gasteiger partial charge in [0, 0.05) is 31.1 Å². The van der Waals surface area contributed by atoms with Gasteiger partial charge in [-0.2, -0.15) is 0 Å². The Morgan fingerprint density at radius 1 is 0.900 bits per heavy atom. The van der Waals surface area contributed by atoms with Crippen molar-refractivity contribution >= 4 is 5.78 Å². The fourth-order valence-electron chi connectivity index (χ4n) is 8.77. The van der Waals surface area contributed by atoms with Gasteiger partial charge in [0.1, 0.15) is 5.78 Å². The first-order chi connectivity index (χ1) is 14.3. The van der Waals surface area contributed by atoms with Crippen LogP contribution in [-0.4, -0.2) is 43.8 Å². The summed E-state index contributed by atoms with van der Waals surface area (Å²) in [5.41, 5.74) is 1.36. The maximum Gasteiger partial charge on any atom is 0.172 e. The van der Waals surface area contributed by atoms with Crippen LogP contribution < -0.4 is 0 Å². The van der Waals surface area contributed by atoms with Gasteiger partial charge in [0.25, 0.3) is 0 Å². The van der Waals surface area contributed by atoms with E-state index < -0.39 is 11.6 Å². The molecule has 0 amide bonds. The Labute approximate surface area is 179 Å². The van der Waals surface area contributed by atoms with Crippen molar-refractivity contribution in [3.8, 4) is 0 Å². The number of rotatable bonds is 1. The van der Waals surface area contributed by atoms with E-state index in [-0.39, 0.29) is 16.7 Å². The van der Waals surface area contributed by atoms with Gasteiger partial charge in [-0.3, -0.25) is 4.79 Å². The zero-order chi connectivity index (χ0) is 20.8. The van der Waals surface area contributed by atoms with Crippen molar-refractivity contribution in [1.29, 1.82) is 0 Å². The molecule has 0 aromatic heterocycles. The van der Waals surface area contributed by atoms with Crippen molar-refractivity contribution in [2.45, 2.75) is 77.3 Å². The van der Waals surface area contributed by atoms with E-state index in [1.54, 1.807) is 0 Å². The van der Waals surface area contributed by atoms with E-state index >= 15 is 0 Å². The fraction of sp³-hybridized carbons (Fsp3) is 0.880. The first kappa shape index (κ1) is 19.9. The minimum atomic E-state index is -0.523. The van der Waals surface area contributed by atoms with Crippen LogP contribution in [0.3, 0.4) is 0 Å². The van der Waals surface area contributed by atoms with Gasteiger partial charge in [0.2, 0.25) is 0 Å². The van der Waals surface area contributed by atoms with E-state index in [4.69, 9.17) is 18.9 Å². The van der Waals surface area contributed by atoms with E-state index in [9.17, 15) is 4.79 Å². The molecule has 0 aromatic carbocycles. The molecule has 2 heterocycles. The molecule has 0 aromatic rings. The summed E-state index contributed by atoms with van der Waals surface area (Å²) < 4.78 is 24.3. The normalized spacial score (nSPS) is 48.9. The molecule has 5 fully saturated rings. The molecular weight excluding hydrogens is 380 g/mol. The highest BCUT2D eigenvalue weighted by Gasteiger charge is 2.66. The molecule has 2 saturated heterocycles. The number of hydrogen-bond donors (Lipinski definition) is 0. The highest BCUT2D eigenvalue weighted by atomic mass is 16.7. The summed E-state index contributed by atoms with van der Waals surface area (Å²) in [6.45, 7) is 9.55. The van der Waals surface area contributed by atoms with Gasteiger partial charge in [-0.15, -0.1) is 0 Å². The third-order valence-corrected chi connectivity index (χ3v) is 10.1. The number of carbonyl (C=O) groups excluding carboxylic acids is 1. The fourth-order valence-corrected chi connectivity index (χ4v) is 8.77. The van der Waals surface area contributed by atoms with Gasteiger partial charge in [-0.25, -0.2) is 0 Å². The van der Waals surface area contributed by atoms with Crippen molar-refractivity contribution in [3.63, 3.8) is 0 Å². The summed E-state index contributed by atoms with van der Waals surface area (Å²) in [6.07, 6.45) is 9.17. The summed E-state index contributed by atoms with van der Waals surface area (Å²) in [6, 6.07) is 0. The molecule has 6 rings (SSSR count). The maximum absolute atomic E-state index is 13.8. The molecule has 5 nitrogen and oxygen atoms in total. The van der Waals surface area contributed by atoms with Crippen molar-refractivity contribution < 1.29 is 23.7 Å². The lowest BCUT2D eigenvalue weighted by molar-refractivity contribution is -0.215. The SMILES string of the molecule is CC1([C@H]2CC[C@H]3[C@@H]4CC=C5CC6(CC[C@]5(C)[C@H]4C(=O)C[C@]23C)OCCO6)OCCO1. The number of allylic oxidation sites excluding steroid dienone is 1. The van der Waals surface area contributed by atoms with E-state index in [1.165, 1.54) is 12.0 Å². The summed E-state index contributed by atoms with van der Waals surface area (Å²) >= 11 is 0. The van der Waals surface area contributed by atoms with Crippen LogP contribution in [0.2, 0.25) is 0 Å². The Hall–Kier alpha value is -0.750. The van der Waals surface area contributed by atoms with E-state index in [0.717, 1.165) is 32.1 Å². The van der Waals surface area contributed by atoms with Gasteiger partial charge in [0.15, 0.2) is 11.6 Å². The standard InChI is InChI=1S/C25H36O5/c1-22-8-9-25(29-12-13-30-25)14-16(22)4-5-17-18-6-7-20(24(3)27-10-11-28-24)23(18,2)15-19(26)21(17)22/h4,17-18,20-21H,5-15H2,1-3H3/t17-,18-,20-,21+,22-,23-/m0/s1. The number of hydrogen-bond acceptors (Lipinski definition) is 5. The number of Topliss-reactive ketones (excluding diaryl/α,β-unsaturated/α-hetero) is 1. The van der Waals surface area contributed by atoms with Gasteiger partial charge in [-0.05, 0) is 55.3 Å². The molecule has 0 bridgehead atoms. The summed E-state index contributed by atoms with van der Waals surface area (Å²) in [7, 11) is 0. The summed E-state index contributed by atoms with van der Waals surface area (Å²) in [5, 5.41) is 0. The quantitative estimate of drug-likeness (QED) is 0.598. The second-order valence-corrected chi connectivity index (χ2v) is 11.4. The Kier molecular flexibility index (Phi) is 4.25. The Morgan fingerprint density at radius 2 is 1.60 bits per heavy atom. The molecule has 1 spiro atoms. The molecule has 2 aliphatic heterocycles. The number of ether oxygens (including phenoxy) is 4. The molecule has 0 N–H and O–H groups in total. The first-order valence-corrected chi connectivity index (χ1v) is 12.1. The second-order valence-electron chi connectivity index (χ2n) is 11.4. The van der Waals surface area contributed by atoms with Gasteiger partial charge >= 0.3 is 0 Å². The van der Waals surface area contributed by atoms with Crippen molar-refractivity contribution in [2.24, 2.45) is 34.5 Å². The van der Waals surface area contributed by atoms with E-state index in [1.807, 2.05) is 0 Å². The smallest absolute Gasteiger partial charge is 0.172 e. The molecule has 0 unspecified atom stereocenters. The van der Waals surface area contributed by atoms with Crippen LogP contribution in [0.1, 0.15) is 65.7 Å². The molecule has 30 heavy (non-hydrogen) atoms. The first-order valence-electron chi connectivity index (χ1n) is 12.1. The average Bonchev–Trinajstić information content (AvgIpc) is 3.41. The molecule has 3 saturated carbocycles. The highest BCUT2D eigenvalue weighted by Crippen LogP contribution is 2.67. The lowest BCUT2D eigenvalue weighted by Crippen LogP contribution is -2.57. The Bertz CT molecular complexity index is 776. The Balaban J connectivity index is 1.33. The third-order valence-electron chi connectivity index (χ3n) is 10.1. The molecule has 0 radical (unpaired) electrons. The minimum Gasteiger partial charge on any atom is -0.348 e. The van der Waals surface area contributed by atoms with Crippen LogP contribution in [0.5, 0.6) is 0 Å². The molecule has 166 valence electrons. The molecular formula is C25H36O5. The summed E-state index contributed by atoms with van der Waals surface area (Å²) in [4.78, 5) is 13.8. The van der Waals surface area contributed by atoms with E-state index in [2.05, 4.69) is 26.8 Å². The van der Waals surface area contributed by atoms with Crippen LogP contribution in [0, 0.1) is 34.5 Å². The van der Waals surface area contributed by atoms with E-state index in [0.29, 0.717) is 56.4 Å². The summed E-state index contributed by atoms with van der Waals surface area (Å²) in [5.74, 6) is 0.990. The zero-order valence-electron chi connectivity index (χ0n) is 18.7. The average molecular weight is 417 g/mol. The number of carbonyl (C=O) groups is 1. The maximum atomic E-state index is 13.8. The van der Waals surface area contributed by atoms with Crippen LogP contribution in [-0.2, 0) is 23.7 Å². The molecule has 5 heteroatoms. The number of ketones is 1. The van der Waals surface area contributed by atoms with Gasteiger partial charge in [-0.1, -0.05) is 25.5 Å². The number of fused-ring (bicyclic) bond motifs is 5. The van der Waals surface area contributed by atoms with Crippen molar-refractivity contribution in [1.82, 2.24) is 0 Å². The third kappa shape index (κ3) is 2.52. The largest absolute Gasteiger partial charge is 0.348 e. The monoisotopic (exact) mass is 416 g/mol. The zero-order valence-corrected chi connectivity index (χ0v) is 18.7. The second kappa shape index (κ2) is 6.40. The molecule has 6 aliphatic rings. The minimum absolute atomic E-state index is 0.0212.